The van der Waals surface area contributed by atoms with Crippen molar-refractivity contribution in [1.82, 2.24) is 10.2 Å². The van der Waals surface area contributed by atoms with E-state index in [0.717, 1.165) is 12.8 Å². The number of thioether (sulfide) groups is 1. The first-order chi connectivity index (χ1) is 8.16. The van der Waals surface area contributed by atoms with Crippen LogP contribution in [0.5, 0.6) is 0 Å². The molecular weight excluding hydrogens is 240 g/mol. The van der Waals surface area contributed by atoms with Crippen molar-refractivity contribution in [3.8, 4) is 12.3 Å². The molecule has 6 heteroatoms. The van der Waals surface area contributed by atoms with Crippen molar-refractivity contribution < 1.29 is 14.7 Å². The van der Waals surface area contributed by atoms with Crippen molar-refractivity contribution in [2.24, 2.45) is 0 Å². The highest BCUT2D eigenvalue weighted by Crippen LogP contribution is 2.20. The van der Waals surface area contributed by atoms with Gasteiger partial charge in [0.2, 0.25) is 0 Å². The zero-order valence-corrected chi connectivity index (χ0v) is 10.3. The molecule has 1 rings (SSSR count). The van der Waals surface area contributed by atoms with E-state index in [1.54, 1.807) is 0 Å². The number of carboxylic acids is 1. The highest BCUT2D eigenvalue weighted by atomic mass is 32.2. The van der Waals surface area contributed by atoms with Gasteiger partial charge in [-0.3, -0.25) is 0 Å². The van der Waals surface area contributed by atoms with Gasteiger partial charge in [0, 0.05) is 18.7 Å². The highest BCUT2D eigenvalue weighted by Gasteiger charge is 2.34. The molecule has 0 saturated carbocycles. The van der Waals surface area contributed by atoms with Crippen LogP contribution < -0.4 is 5.32 Å². The van der Waals surface area contributed by atoms with Crippen LogP contribution in [-0.4, -0.2) is 46.2 Å². The van der Waals surface area contributed by atoms with E-state index in [1.165, 1.54) is 16.7 Å². The third-order valence-corrected chi connectivity index (χ3v) is 3.46. The minimum atomic E-state index is -0.947. The maximum Gasteiger partial charge on any atom is 0.327 e. The molecule has 5 nitrogen and oxygen atoms in total. The summed E-state index contributed by atoms with van der Waals surface area (Å²) < 4.78 is 0. The van der Waals surface area contributed by atoms with Gasteiger partial charge in [-0.25, -0.2) is 9.59 Å². The Hall–Kier alpha value is -1.35. The van der Waals surface area contributed by atoms with Crippen LogP contribution in [0.15, 0.2) is 0 Å². The molecule has 1 saturated heterocycles. The smallest absolute Gasteiger partial charge is 0.327 e. The van der Waals surface area contributed by atoms with Crippen LogP contribution in [0.4, 0.5) is 4.79 Å². The first-order valence-electron chi connectivity index (χ1n) is 5.45. The molecule has 0 unspecified atom stereocenters. The Kier molecular flexibility index (Phi) is 5.70. The lowest BCUT2D eigenvalue weighted by atomic mass is 10.2. The normalized spacial score (nSPS) is 18.8. The SMILES string of the molecule is C#CCCCCNC(=O)N1CSC[C@H]1C(=O)O. The molecule has 1 atom stereocenters. The second-order valence-corrected chi connectivity index (χ2v) is 4.72. The largest absolute Gasteiger partial charge is 0.480 e. The number of carbonyl (C=O) groups is 2. The standard InChI is InChI=1S/C11H16N2O3S/c1-2-3-4-5-6-12-11(16)13-8-17-7-9(13)10(14)15/h1,9H,3-8H2,(H,12,16)(H,14,15)/t9-/m0/s1. The van der Waals surface area contributed by atoms with Crippen molar-refractivity contribution in [1.29, 1.82) is 0 Å². The minimum absolute atomic E-state index is 0.303. The summed E-state index contributed by atoms with van der Waals surface area (Å²) >= 11 is 1.45. The van der Waals surface area contributed by atoms with Crippen molar-refractivity contribution >= 4 is 23.8 Å². The molecule has 1 aliphatic heterocycles. The predicted octanol–water partition coefficient (Wildman–Crippen LogP) is 0.959. The number of carboxylic acid groups (broad SMARTS) is 1. The number of nitrogens with zero attached hydrogens (tertiary/aromatic N) is 1. The third-order valence-electron chi connectivity index (χ3n) is 2.45. The number of hydrogen-bond acceptors (Lipinski definition) is 3. The molecule has 0 spiro atoms. The van der Waals surface area contributed by atoms with E-state index in [-0.39, 0.29) is 6.03 Å². The first kappa shape index (κ1) is 13.7. The van der Waals surface area contributed by atoms with Crippen molar-refractivity contribution in [2.45, 2.75) is 25.3 Å². The average Bonchev–Trinajstić information content (AvgIpc) is 2.77. The molecule has 0 aromatic rings. The zero-order chi connectivity index (χ0) is 12.7. The molecular formula is C11H16N2O3S. The monoisotopic (exact) mass is 256 g/mol. The van der Waals surface area contributed by atoms with Gasteiger partial charge >= 0.3 is 12.0 Å². The van der Waals surface area contributed by atoms with E-state index >= 15 is 0 Å². The number of unbranched alkanes of at least 4 members (excludes halogenated alkanes) is 2. The van der Waals surface area contributed by atoms with Gasteiger partial charge in [0.05, 0.1) is 5.88 Å². The number of urea groups is 1. The Balaban J connectivity index is 2.27. The van der Waals surface area contributed by atoms with Gasteiger partial charge in [-0.05, 0) is 12.8 Å². The maximum atomic E-state index is 11.7. The number of amides is 2. The number of terminal acetylenes is 1. The van der Waals surface area contributed by atoms with E-state index in [9.17, 15) is 9.59 Å². The first-order valence-corrected chi connectivity index (χ1v) is 6.60. The van der Waals surface area contributed by atoms with Gasteiger partial charge in [-0.2, -0.15) is 0 Å². The summed E-state index contributed by atoms with van der Waals surface area (Å²) in [7, 11) is 0. The Morgan fingerprint density at radius 2 is 2.29 bits per heavy atom. The Labute approximate surface area is 105 Å². The van der Waals surface area contributed by atoms with Gasteiger partial charge in [-0.15, -0.1) is 24.1 Å². The summed E-state index contributed by atoms with van der Waals surface area (Å²) in [6.07, 6.45) is 7.49. The van der Waals surface area contributed by atoms with Gasteiger partial charge in [-0.1, -0.05) is 0 Å². The molecule has 0 aromatic heterocycles. The molecule has 0 radical (unpaired) electrons. The molecule has 0 aromatic carbocycles. The zero-order valence-electron chi connectivity index (χ0n) is 9.52. The summed E-state index contributed by atoms with van der Waals surface area (Å²) in [6.45, 7) is 0.536. The van der Waals surface area contributed by atoms with Gasteiger partial charge in [0.1, 0.15) is 6.04 Å². The molecule has 17 heavy (non-hydrogen) atoms. The lowest BCUT2D eigenvalue weighted by molar-refractivity contribution is -0.140. The van der Waals surface area contributed by atoms with Crippen LogP contribution >= 0.6 is 11.8 Å². The number of hydrogen-bond donors (Lipinski definition) is 2. The number of rotatable bonds is 5. The molecule has 2 amide bonds. The third kappa shape index (κ3) is 4.19. The summed E-state index contributed by atoms with van der Waals surface area (Å²) in [4.78, 5) is 23.9. The predicted molar refractivity (Wildman–Crippen MR) is 66.7 cm³/mol. The Morgan fingerprint density at radius 3 is 2.94 bits per heavy atom. The van der Waals surface area contributed by atoms with Gasteiger partial charge in [0.25, 0.3) is 0 Å². The Bertz CT molecular complexity index is 327. The van der Waals surface area contributed by atoms with Crippen LogP contribution in [0.3, 0.4) is 0 Å². The van der Waals surface area contributed by atoms with Gasteiger partial charge in [0.15, 0.2) is 0 Å². The summed E-state index contributed by atoms with van der Waals surface area (Å²) in [6, 6.07) is -1.01. The van der Waals surface area contributed by atoms with Crippen LogP contribution in [-0.2, 0) is 4.79 Å². The highest BCUT2D eigenvalue weighted by molar-refractivity contribution is 7.99. The van der Waals surface area contributed by atoms with Crippen molar-refractivity contribution in [3.05, 3.63) is 0 Å². The minimum Gasteiger partial charge on any atom is -0.480 e. The van der Waals surface area contributed by atoms with Crippen LogP contribution in [0.2, 0.25) is 0 Å². The van der Waals surface area contributed by atoms with Crippen molar-refractivity contribution in [2.75, 3.05) is 18.2 Å². The van der Waals surface area contributed by atoms with E-state index in [2.05, 4.69) is 11.2 Å². The van der Waals surface area contributed by atoms with E-state index < -0.39 is 12.0 Å². The lowest BCUT2D eigenvalue weighted by Gasteiger charge is -2.20. The average molecular weight is 256 g/mol. The fraction of sp³-hybridized carbons (Fsp3) is 0.636. The van der Waals surface area contributed by atoms with Gasteiger partial charge < -0.3 is 15.3 Å². The molecule has 2 N–H and O–H groups in total. The summed E-state index contributed by atoms with van der Waals surface area (Å²) in [5.41, 5.74) is 0. The molecule has 94 valence electrons. The van der Waals surface area contributed by atoms with E-state index in [1.807, 2.05) is 0 Å². The summed E-state index contributed by atoms with van der Waals surface area (Å²) in [5, 5.41) is 11.6. The number of carbonyl (C=O) groups excluding carboxylic acids is 1. The number of nitrogens with one attached hydrogen (secondary N) is 1. The van der Waals surface area contributed by atoms with E-state index in [4.69, 9.17) is 11.5 Å². The molecule has 0 bridgehead atoms. The quantitative estimate of drug-likeness (QED) is 0.568. The number of aliphatic carboxylic acids is 1. The second-order valence-electron chi connectivity index (χ2n) is 3.72. The fourth-order valence-electron chi connectivity index (χ4n) is 1.50. The van der Waals surface area contributed by atoms with Crippen LogP contribution in [0.25, 0.3) is 0 Å². The molecule has 1 aliphatic rings. The molecule has 1 heterocycles. The fourth-order valence-corrected chi connectivity index (χ4v) is 2.64. The molecule has 1 fully saturated rings. The second kappa shape index (κ2) is 7.07. The van der Waals surface area contributed by atoms with Crippen LogP contribution in [0, 0.1) is 12.3 Å². The van der Waals surface area contributed by atoms with Crippen LogP contribution in [0.1, 0.15) is 19.3 Å². The lowest BCUT2D eigenvalue weighted by Crippen LogP contribution is -2.47. The topological polar surface area (TPSA) is 69.6 Å². The van der Waals surface area contributed by atoms with E-state index in [0.29, 0.717) is 24.6 Å². The summed E-state index contributed by atoms with van der Waals surface area (Å²) in [5.74, 6) is 2.48. The molecule has 0 aliphatic carbocycles. The van der Waals surface area contributed by atoms with Crippen molar-refractivity contribution in [3.63, 3.8) is 0 Å². The maximum absolute atomic E-state index is 11.7. The Morgan fingerprint density at radius 1 is 1.53 bits per heavy atom.